The lowest BCUT2D eigenvalue weighted by molar-refractivity contribution is -0.121. The molecule has 0 bridgehead atoms. The van der Waals surface area contributed by atoms with Gasteiger partial charge in [0.1, 0.15) is 12.4 Å². The van der Waals surface area contributed by atoms with E-state index >= 15 is 0 Å². The quantitative estimate of drug-likeness (QED) is 0.180. The second kappa shape index (κ2) is 14.4. The first kappa shape index (κ1) is 29.7. The van der Waals surface area contributed by atoms with Crippen LogP contribution in [0.5, 0.6) is 5.75 Å². The Balaban J connectivity index is 1.28. The van der Waals surface area contributed by atoms with Crippen molar-refractivity contribution >= 4 is 16.8 Å². The van der Waals surface area contributed by atoms with Gasteiger partial charge in [-0.3, -0.25) is 9.69 Å². The number of benzene rings is 4. The molecule has 1 atom stereocenters. The van der Waals surface area contributed by atoms with Gasteiger partial charge in [0.15, 0.2) is 0 Å². The van der Waals surface area contributed by atoms with E-state index in [1.54, 1.807) is 0 Å². The Hall–Kier alpha value is -4.39. The number of hydrogen-bond acceptors (Lipinski definition) is 4. The summed E-state index contributed by atoms with van der Waals surface area (Å²) in [5.74, 6) is 0.713. The molecule has 6 nitrogen and oxygen atoms in total. The van der Waals surface area contributed by atoms with Gasteiger partial charge in [-0.1, -0.05) is 90.5 Å². The van der Waals surface area contributed by atoms with Crippen LogP contribution >= 0.6 is 0 Å². The Bertz CT molecular complexity index is 1660. The van der Waals surface area contributed by atoms with Gasteiger partial charge >= 0.3 is 0 Å². The third-order valence-electron chi connectivity index (χ3n) is 8.42. The topological polar surface area (TPSA) is 55.7 Å². The van der Waals surface area contributed by atoms with Gasteiger partial charge in [0, 0.05) is 62.2 Å². The molecule has 0 unspecified atom stereocenters. The average molecular weight is 588 g/mol. The van der Waals surface area contributed by atoms with E-state index in [-0.39, 0.29) is 11.8 Å². The highest BCUT2D eigenvalue weighted by molar-refractivity contribution is 5.87. The predicted octanol–water partition coefficient (Wildman–Crippen LogP) is 6.55. The highest BCUT2D eigenvalue weighted by Crippen LogP contribution is 2.36. The van der Waals surface area contributed by atoms with Crippen molar-refractivity contribution < 1.29 is 14.3 Å². The number of ether oxygens (including phenoxy) is 2. The van der Waals surface area contributed by atoms with E-state index < -0.39 is 0 Å². The number of aromatic nitrogens is 1. The minimum absolute atomic E-state index is 0.0502. The Morgan fingerprint density at radius 1 is 0.886 bits per heavy atom. The maximum Gasteiger partial charge on any atom is 0.220 e. The largest absolute Gasteiger partial charge is 0.489 e. The Morgan fingerprint density at radius 3 is 2.48 bits per heavy atom. The Morgan fingerprint density at radius 2 is 1.66 bits per heavy atom. The number of carbonyl (C=O) groups excluding carboxylic acids is 1. The Labute approximate surface area is 260 Å². The summed E-state index contributed by atoms with van der Waals surface area (Å²) in [6.45, 7) is 8.16. The van der Waals surface area contributed by atoms with E-state index in [9.17, 15) is 4.79 Å². The number of para-hydroxylation sites is 1. The number of amides is 1. The molecular weight excluding hydrogens is 546 g/mol. The van der Waals surface area contributed by atoms with Crippen molar-refractivity contribution in [3.05, 3.63) is 137 Å². The first-order valence-corrected chi connectivity index (χ1v) is 15.6. The monoisotopic (exact) mass is 587 g/mol. The van der Waals surface area contributed by atoms with Gasteiger partial charge in [-0.05, 0) is 47.4 Å². The predicted molar refractivity (Wildman–Crippen MR) is 176 cm³/mol. The van der Waals surface area contributed by atoms with Crippen LogP contribution in [-0.2, 0) is 22.7 Å². The fraction of sp³-hybridized carbons (Fsp3) is 0.289. The van der Waals surface area contributed by atoms with Crippen LogP contribution in [0.4, 0.5) is 0 Å². The minimum Gasteiger partial charge on any atom is -0.489 e. The molecule has 6 rings (SSSR count). The van der Waals surface area contributed by atoms with Crippen LogP contribution in [-0.4, -0.2) is 54.8 Å². The van der Waals surface area contributed by atoms with Gasteiger partial charge < -0.3 is 19.4 Å². The molecule has 6 heteroatoms. The molecule has 0 spiro atoms. The van der Waals surface area contributed by atoms with E-state index in [0.717, 1.165) is 67.3 Å². The lowest BCUT2D eigenvalue weighted by Crippen LogP contribution is -2.41. The summed E-state index contributed by atoms with van der Waals surface area (Å²) in [4.78, 5) is 15.9. The summed E-state index contributed by atoms with van der Waals surface area (Å²) in [5, 5.41) is 4.37. The van der Waals surface area contributed by atoms with E-state index in [4.69, 9.17) is 9.47 Å². The van der Waals surface area contributed by atoms with Crippen molar-refractivity contribution in [2.45, 2.75) is 32.4 Å². The fourth-order valence-electron chi connectivity index (χ4n) is 5.98. The van der Waals surface area contributed by atoms with E-state index in [0.29, 0.717) is 19.6 Å². The molecule has 1 N–H and O–H groups in total. The SMILES string of the molecule is Cc1ccc(Cn2cc([C@@H](CC(=O)NCCN3CCOCC3)c3cccc(OCc4ccccc4)c3)c3ccccc32)cc1. The highest BCUT2D eigenvalue weighted by Gasteiger charge is 2.24. The zero-order valence-electron chi connectivity index (χ0n) is 25.5. The smallest absolute Gasteiger partial charge is 0.220 e. The zero-order chi connectivity index (χ0) is 30.1. The summed E-state index contributed by atoms with van der Waals surface area (Å²) in [6, 6.07) is 35.7. The van der Waals surface area contributed by atoms with Crippen LogP contribution < -0.4 is 10.1 Å². The third-order valence-corrected chi connectivity index (χ3v) is 8.42. The van der Waals surface area contributed by atoms with Gasteiger partial charge in [0.25, 0.3) is 0 Å². The third kappa shape index (κ3) is 7.57. The fourth-order valence-corrected chi connectivity index (χ4v) is 5.98. The van der Waals surface area contributed by atoms with Crippen LogP contribution in [0.25, 0.3) is 10.9 Å². The highest BCUT2D eigenvalue weighted by atomic mass is 16.5. The Kier molecular flexibility index (Phi) is 9.70. The molecule has 0 radical (unpaired) electrons. The van der Waals surface area contributed by atoms with Crippen molar-refractivity contribution in [1.29, 1.82) is 0 Å². The molecule has 226 valence electrons. The molecular formula is C38H41N3O3. The zero-order valence-corrected chi connectivity index (χ0v) is 25.5. The molecule has 44 heavy (non-hydrogen) atoms. The molecule has 2 heterocycles. The van der Waals surface area contributed by atoms with Crippen molar-refractivity contribution in [3.63, 3.8) is 0 Å². The molecule has 1 amide bonds. The minimum atomic E-state index is -0.136. The van der Waals surface area contributed by atoms with Crippen molar-refractivity contribution in [2.75, 3.05) is 39.4 Å². The number of nitrogens with zero attached hydrogens (tertiary/aromatic N) is 2. The van der Waals surface area contributed by atoms with Crippen LogP contribution in [0.15, 0.2) is 109 Å². The molecule has 5 aromatic rings. The van der Waals surface area contributed by atoms with Gasteiger partial charge in [-0.25, -0.2) is 0 Å². The summed E-state index contributed by atoms with van der Waals surface area (Å²) in [7, 11) is 0. The lowest BCUT2D eigenvalue weighted by Gasteiger charge is -2.26. The van der Waals surface area contributed by atoms with Gasteiger partial charge in [-0.15, -0.1) is 0 Å². The number of hydrogen-bond donors (Lipinski definition) is 1. The van der Waals surface area contributed by atoms with Crippen LogP contribution in [0.1, 0.15) is 40.2 Å². The number of aryl methyl sites for hydroxylation is 1. The summed E-state index contributed by atoms with van der Waals surface area (Å²) >= 11 is 0. The normalized spacial score (nSPS) is 14.4. The molecule has 1 aromatic heterocycles. The summed E-state index contributed by atoms with van der Waals surface area (Å²) in [5.41, 5.74) is 7.00. The number of morpholine rings is 1. The van der Waals surface area contributed by atoms with Crippen LogP contribution in [0.2, 0.25) is 0 Å². The number of carbonyl (C=O) groups is 1. The molecule has 1 aliphatic heterocycles. The molecule has 0 aliphatic carbocycles. The second-order valence-corrected chi connectivity index (χ2v) is 11.6. The van der Waals surface area contributed by atoms with Gasteiger partial charge in [0.05, 0.1) is 13.2 Å². The number of rotatable bonds is 12. The molecule has 1 aliphatic rings. The first-order valence-electron chi connectivity index (χ1n) is 15.6. The van der Waals surface area contributed by atoms with E-state index in [2.05, 4.69) is 101 Å². The maximum atomic E-state index is 13.5. The average Bonchev–Trinajstić information content (AvgIpc) is 3.42. The van der Waals surface area contributed by atoms with E-state index in [1.807, 2.05) is 30.3 Å². The standard InChI is InChI=1S/C38H41N3O3/c1-29-14-16-30(17-15-29)26-41-27-36(34-12-5-6-13-37(34)41)35(25-38(42)39-18-19-40-20-22-43-23-21-40)32-10-7-11-33(24-32)44-28-31-8-3-2-4-9-31/h2-17,24,27,35H,18-23,25-26,28H2,1H3,(H,39,42)/t35-/m0/s1. The second-order valence-electron chi connectivity index (χ2n) is 11.6. The summed E-state index contributed by atoms with van der Waals surface area (Å²) < 4.78 is 14.0. The van der Waals surface area contributed by atoms with Crippen molar-refractivity contribution in [2.24, 2.45) is 0 Å². The van der Waals surface area contributed by atoms with Crippen LogP contribution in [0, 0.1) is 6.92 Å². The summed E-state index contributed by atoms with van der Waals surface area (Å²) in [6.07, 6.45) is 2.59. The molecule has 4 aromatic carbocycles. The number of nitrogens with one attached hydrogen (secondary N) is 1. The van der Waals surface area contributed by atoms with E-state index in [1.165, 1.54) is 16.5 Å². The van der Waals surface area contributed by atoms with Crippen molar-refractivity contribution in [3.8, 4) is 5.75 Å². The van der Waals surface area contributed by atoms with Gasteiger partial charge in [0.2, 0.25) is 5.91 Å². The molecule has 1 fully saturated rings. The van der Waals surface area contributed by atoms with Crippen molar-refractivity contribution in [1.82, 2.24) is 14.8 Å². The van der Waals surface area contributed by atoms with Gasteiger partial charge in [-0.2, -0.15) is 0 Å². The van der Waals surface area contributed by atoms with Crippen LogP contribution in [0.3, 0.4) is 0 Å². The lowest BCUT2D eigenvalue weighted by atomic mass is 9.88. The maximum absolute atomic E-state index is 13.5. The molecule has 1 saturated heterocycles. The number of fused-ring (bicyclic) bond motifs is 1. The first-order chi connectivity index (χ1) is 21.6. The molecule has 0 saturated carbocycles.